The molecule has 0 fully saturated rings. The van der Waals surface area contributed by atoms with Gasteiger partial charge in [-0.2, -0.15) is 15.0 Å². The second-order valence-electron chi connectivity index (χ2n) is 6.14. The van der Waals surface area contributed by atoms with E-state index in [0.717, 1.165) is 0 Å². The van der Waals surface area contributed by atoms with Crippen LogP contribution in [0.3, 0.4) is 0 Å². The van der Waals surface area contributed by atoms with Crippen molar-refractivity contribution in [1.82, 2.24) is 15.0 Å². The van der Waals surface area contributed by atoms with Crippen molar-refractivity contribution in [2.45, 2.75) is 45.8 Å². The summed E-state index contributed by atoms with van der Waals surface area (Å²) in [6, 6.07) is 0. The molecule has 22 heavy (non-hydrogen) atoms. The average Bonchev–Trinajstić information content (AvgIpc) is 2.34. The van der Waals surface area contributed by atoms with E-state index >= 15 is 0 Å². The standard InChI is InChI=1S/C13H24N6O3/c1-6-14-9-16-10(15-7-13(5,22)8(20)21)18-11(17-9)19-12(2,3)4/h22H,6-7H2,1-5H3,(H,20,21)(H3,14,15,16,17,18,19). The Morgan fingerprint density at radius 2 is 1.55 bits per heavy atom. The Kier molecular flexibility index (Phi) is 5.48. The van der Waals surface area contributed by atoms with Gasteiger partial charge in [0.05, 0.1) is 6.54 Å². The van der Waals surface area contributed by atoms with E-state index < -0.39 is 11.6 Å². The third kappa shape index (κ3) is 5.68. The predicted octanol–water partition coefficient (Wildman–Crippen LogP) is 0.761. The number of rotatable bonds is 7. The number of carbonyl (C=O) groups is 1. The van der Waals surface area contributed by atoms with Crippen molar-refractivity contribution in [1.29, 1.82) is 0 Å². The average molecular weight is 312 g/mol. The highest BCUT2D eigenvalue weighted by molar-refractivity contribution is 5.77. The van der Waals surface area contributed by atoms with Crippen LogP contribution in [-0.4, -0.2) is 55.4 Å². The van der Waals surface area contributed by atoms with Crippen LogP contribution in [0.1, 0.15) is 34.6 Å². The molecule has 0 aliphatic heterocycles. The largest absolute Gasteiger partial charge is 0.479 e. The topological polar surface area (TPSA) is 132 Å². The van der Waals surface area contributed by atoms with Crippen molar-refractivity contribution in [3.8, 4) is 0 Å². The normalized spacial score (nSPS) is 14.1. The Morgan fingerprint density at radius 3 is 2.00 bits per heavy atom. The fourth-order valence-corrected chi connectivity index (χ4v) is 1.41. The summed E-state index contributed by atoms with van der Waals surface area (Å²) in [6.07, 6.45) is 0. The van der Waals surface area contributed by atoms with Crippen molar-refractivity contribution >= 4 is 23.8 Å². The number of aliphatic hydroxyl groups is 1. The summed E-state index contributed by atoms with van der Waals surface area (Å²) < 4.78 is 0. The number of nitrogens with zero attached hydrogens (tertiary/aromatic N) is 3. The molecule has 0 aromatic carbocycles. The van der Waals surface area contributed by atoms with E-state index in [1.165, 1.54) is 6.92 Å². The lowest BCUT2D eigenvalue weighted by atomic mass is 10.1. The monoisotopic (exact) mass is 312 g/mol. The van der Waals surface area contributed by atoms with Crippen LogP contribution in [0.5, 0.6) is 0 Å². The van der Waals surface area contributed by atoms with Crippen LogP contribution in [0.15, 0.2) is 0 Å². The highest BCUT2D eigenvalue weighted by Crippen LogP contribution is 2.15. The van der Waals surface area contributed by atoms with E-state index in [2.05, 4.69) is 30.9 Å². The van der Waals surface area contributed by atoms with Crippen LogP contribution in [0.2, 0.25) is 0 Å². The number of aliphatic carboxylic acids is 1. The number of nitrogens with one attached hydrogen (secondary N) is 3. The maximum atomic E-state index is 10.9. The van der Waals surface area contributed by atoms with Gasteiger partial charge in [0.2, 0.25) is 17.8 Å². The summed E-state index contributed by atoms with van der Waals surface area (Å²) in [5.74, 6) is -0.425. The predicted molar refractivity (Wildman–Crippen MR) is 84.1 cm³/mol. The minimum Gasteiger partial charge on any atom is -0.479 e. The maximum absolute atomic E-state index is 10.9. The van der Waals surface area contributed by atoms with Crippen LogP contribution < -0.4 is 16.0 Å². The number of hydrogen-bond donors (Lipinski definition) is 5. The summed E-state index contributed by atoms with van der Waals surface area (Å²) in [7, 11) is 0. The van der Waals surface area contributed by atoms with Gasteiger partial charge in [-0.15, -0.1) is 0 Å². The second-order valence-corrected chi connectivity index (χ2v) is 6.14. The van der Waals surface area contributed by atoms with Crippen molar-refractivity contribution in [2.75, 3.05) is 29.0 Å². The molecule has 124 valence electrons. The number of carboxylic acids is 1. The summed E-state index contributed by atoms with van der Waals surface area (Å²) in [6.45, 7) is 9.40. The van der Waals surface area contributed by atoms with E-state index in [1.54, 1.807) is 0 Å². The molecule has 0 bridgehead atoms. The third-order valence-corrected chi connectivity index (χ3v) is 2.51. The highest BCUT2D eigenvalue weighted by Gasteiger charge is 2.30. The van der Waals surface area contributed by atoms with Crippen LogP contribution in [0, 0.1) is 0 Å². The molecule has 0 aliphatic rings. The van der Waals surface area contributed by atoms with Gasteiger partial charge in [-0.25, -0.2) is 4.79 Å². The van der Waals surface area contributed by atoms with Gasteiger partial charge in [0, 0.05) is 12.1 Å². The Balaban J connectivity index is 2.95. The zero-order valence-electron chi connectivity index (χ0n) is 13.6. The molecule has 9 heteroatoms. The number of carboxylic acid groups (broad SMARTS) is 1. The lowest BCUT2D eigenvalue weighted by molar-refractivity contribution is -0.155. The molecule has 1 rings (SSSR count). The summed E-state index contributed by atoms with van der Waals surface area (Å²) in [5, 5.41) is 27.4. The van der Waals surface area contributed by atoms with E-state index in [9.17, 15) is 9.90 Å². The molecule has 0 amide bonds. The Bertz CT molecular complexity index is 527. The van der Waals surface area contributed by atoms with Gasteiger partial charge in [0.25, 0.3) is 0 Å². The molecule has 1 unspecified atom stereocenters. The summed E-state index contributed by atoms with van der Waals surface area (Å²) in [4.78, 5) is 23.4. The lowest BCUT2D eigenvalue weighted by Crippen LogP contribution is -2.42. The molecule has 1 aromatic heterocycles. The van der Waals surface area contributed by atoms with E-state index in [0.29, 0.717) is 18.4 Å². The summed E-state index contributed by atoms with van der Waals surface area (Å²) >= 11 is 0. The smallest absolute Gasteiger partial charge is 0.337 e. The van der Waals surface area contributed by atoms with Crippen molar-refractivity contribution in [2.24, 2.45) is 0 Å². The number of aromatic nitrogens is 3. The van der Waals surface area contributed by atoms with Gasteiger partial charge in [0.1, 0.15) is 0 Å². The first-order valence-electron chi connectivity index (χ1n) is 7.01. The Hall–Kier alpha value is -2.16. The van der Waals surface area contributed by atoms with E-state index in [-0.39, 0.29) is 18.0 Å². The Labute approximate surface area is 129 Å². The second kappa shape index (κ2) is 6.73. The first-order chi connectivity index (χ1) is 10.0. The van der Waals surface area contributed by atoms with Crippen LogP contribution in [0.4, 0.5) is 17.8 Å². The molecule has 1 aromatic rings. The van der Waals surface area contributed by atoms with Crippen LogP contribution >= 0.6 is 0 Å². The van der Waals surface area contributed by atoms with E-state index in [4.69, 9.17) is 5.11 Å². The minimum absolute atomic E-state index is 0.180. The molecule has 1 heterocycles. The fourth-order valence-electron chi connectivity index (χ4n) is 1.41. The molecule has 0 aliphatic carbocycles. The van der Waals surface area contributed by atoms with Crippen LogP contribution in [0.25, 0.3) is 0 Å². The molecular formula is C13H24N6O3. The van der Waals surface area contributed by atoms with Gasteiger partial charge < -0.3 is 26.2 Å². The van der Waals surface area contributed by atoms with Gasteiger partial charge in [-0.05, 0) is 34.6 Å². The van der Waals surface area contributed by atoms with Crippen molar-refractivity contribution in [3.05, 3.63) is 0 Å². The fraction of sp³-hybridized carbons (Fsp3) is 0.692. The molecule has 0 spiro atoms. The molecule has 0 saturated carbocycles. The first kappa shape index (κ1) is 17.9. The Morgan fingerprint density at radius 1 is 1.05 bits per heavy atom. The van der Waals surface area contributed by atoms with Crippen molar-refractivity contribution < 1.29 is 15.0 Å². The highest BCUT2D eigenvalue weighted by atomic mass is 16.4. The maximum Gasteiger partial charge on any atom is 0.337 e. The van der Waals surface area contributed by atoms with Gasteiger partial charge in [-0.3, -0.25) is 0 Å². The molecule has 9 nitrogen and oxygen atoms in total. The third-order valence-electron chi connectivity index (χ3n) is 2.51. The molecule has 5 N–H and O–H groups in total. The summed E-state index contributed by atoms with van der Waals surface area (Å²) in [5.41, 5.74) is -2.16. The van der Waals surface area contributed by atoms with Crippen molar-refractivity contribution in [3.63, 3.8) is 0 Å². The van der Waals surface area contributed by atoms with Crippen LogP contribution in [-0.2, 0) is 4.79 Å². The zero-order valence-corrected chi connectivity index (χ0v) is 13.6. The minimum atomic E-state index is -1.91. The molecule has 0 radical (unpaired) electrons. The molecule has 0 saturated heterocycles. The zero-order chi connectivity index (χ0) is 17.0. The lowest BCUT2D eigenvalue weighted by Gasteiger charge is -2.22. The number of hydrogen-bond acceptors (Lipinski definition) is 8. The first-order valence-corrected chi connectivity index (χ1v) is 7.01. The van der Waals surface area contributed by atoms with Gasteiger partial charge in [0.15, 0.2) is 5.60 Å². The van der Waals surface area contributed by atoms with Gasteiger partial charge >= 0.3 is 5.97 Å². The number of anilines is 3. The quantitative estimate of drug-likeness (QED) is 0.495. The SMILES string of the molecule is CCNc1nc(NCC(C)(O)C(=O)O)nc(NC(C)(C)C)n1. The van der Waals surface area contributed by atoms with Gasteiger partial charge in [-0.1, -0.05) is 0 Å². The molecule has 1 atom stereocenters. The van der Waals surface area contributed by atoms with E-state index in [1.807, 2.05) is 27.7 Å². The molecular weight excluding hydrogens is 288 g/mol.